The molecule has 0 unspecified atom stereocenters. The largest absolute Gasteiger partial charge is 0.508 e. The molecule has 1 nitrogen and oxygen atoms in total. The van der Waals surface area contributed by atoms with Crippen molar-refractivity contribution in [1.29, 1.82) is 0 Å². The first-order chi connectivity index (χ1) is 13.9. The number of halogens is 3. The fraction of sp³-hybridized carbons (Fsp3) is 0.500. The van der Waals surface area contributed by atoms with E-state index in [1.807, 2.05) is 6.07 Å². The molecule has 0 saturated carbocycles. The molecule has 0 amide bonds. The van der Waals surface area contributed by atoms with Crippen molar-refractivity contribution in [3.8, 4) is 16.9 Å². The van der Waals surface area contributed by atoms with Crippen LogP contribution < -0.4 is 0 Å². The van der Waals surface area contributed by atoms with Crippen LogP contribution in [0.15, 0.2) is 42.5 Å². The Labute approximate surface area is 201 Å². The molecular formula is C24H33Br3OSi. The predicted octanol–water partition coefficient (Wildman–Crippen LogP) is 9.41. The predicted molar refractivity (Wildman–Crippen MR) is 141 cm³/mol. The number of benzene rings is 2. The van der Waals surface area contributed by atoms with Crippen LogP contribution in [0.4, 0.5) is 0 Å². The van der Waals surface area contributed by atoms with Gasteiger partial charge >= 0.3 is 0 Å². The molecule has 160 valence electrons. The minimum absolute atomic E-state index is 0.347. The molecule has 2 aromatic rings. The standard InChI is InChI=1S/C24H33Br3OSi/c1-2-3-4-5-6-7-8-10-20-12-14-21(15-13-20)24-17-16-23(28)19-22(24)11-9-18-29(25,26)27/h12-17,19,28H,2-11,18H2,1H3. The summed E-state index contributed by atoms with van der Waals surface area (Å²) in [5, 5.41) is 9.96. The van der Waals surface area contributed by atoms with E-state index >= 15 is 0 Å². The van der Waals surface area contributed by atoms with Crippen molar-refractivity contribution in [2.45, 2.75) is 77.2 Å². The van der Waals surface area contributed by atoms with Gasteiger partial charge in [0.15, 0.2) is 0 Å². The van der Waals surface area contributed by atoms with Crippen LogP contribution in [0, 0.1) is 0 Å². The Bertz CT molecular complexity index is 726. The monoisotopic (exact) mass is 602 g/mol. The molecule has 0 atom stereocenters. The summed E-state index contributed by atoms with van der Waals surface area (Å²) < 4.78 is -1.58. The minimum Gasteiger partial charge on any atom is -0.508 e. The Morgan fingerprint density at radius 2 is 1.41 bits per heavy atom. The highest BCUT2D eigenvalue weighted by Crippen LogP contribution is 2.35. The number of unbranched alkanes of at least 4 members (excludes halogenated alkanes) is 6. The van der Waals surface area contributed by atoms with Gasteiger partial charge in [-0.15, -0.1) is 0 Å². The van der Waals surface area contributed by atoms with Gasteiger partial charge in [-0.25, -0.2) is 0 Å². The maximum absolute atomic E-state index is 9.96. The van der Waals surface area contributed by atoms with Crippen molar-refractivity contribution in [2.75, 3.05) is 0 Å². The molecule has 0 bridgehead atoms. The van der Waals surface area contributed by atoms with Crippen molar-refractivity contribution < 1.29 is 5.11 Å². The van der Waals surface area contributed by atoms with Gasteiger partial charge in [-0.05, 0) is 66.1 Å². The molecular weight excluding hydrogens is 572 g/mol. The van der Waals surface area contributed by atoms with Gasteiger partial charge in [-0.1, -0.05) is 122 Å². The smallest absolute Gasteiger partial charge is 0.267 e. The zero-order valence-electron chi connectivity index (χ0n) is 17.4. The fourth-order valence-electron chi connectivity index (χ4n) is 3.69. The molecule has 2 aromatic carbocycles. The van der Waals surface area contributed by atoms with E-state index in [0.29, 0.717) is 5.75 Å². The molecule has 5 heteroatoms. The van der Waals surface area contributed by atoms with Crippen LogP contribution in [0.5, 0.6) is 5.75 Å². The van der Waals surface area contributed by atoms with Crippen LogP contribution in [0.1, 0.15) is 69.4 Å². The van der Waals surface area contributed by atoms with Crippen LogP contribution >= 0.6 is 45.9 Å². The SMILES string of the molecule is CCCCCCCCCc1ccc(-c2ccc(O)cc2CCC[Si](Br)(Br)Br)cc1. The number of rotatable bonds is 13. The highest BCUT2D eigenvalue weighted by atomic mass is 80.0. The average Bonchev–Trinajstić information content (AvgIpc) is 2.67. The number of phenolic OH excluding ortho intramolecular Hbond substituents is 1. The summed E-state index contributed by atoms with van der Waals surface area (Å²) in [6, 6.07) is 15.9. The first kappa shape index (κ1) is 25.2. The second-order valence-corrected chi connectivity index (χ2v) is 31.4. The lowest BCUT2D eigenvalue weighted by Gasteiger charge is -2.13. The van der Waals surface area contributed by atoms with E-state index < -0.39 is 3.93 Å². The molecule has 1 N–H and O–H groups in total. The van der Waals surface area contributed by atoms with Crippen LogP contribution in [0.3, 0.4) is 0 Å². The molecule has 0 aliphatic rings. The summed E-state index contributed by atoms with van der Waals surface area (Å²) in [7, 11) is 0. The maximum Gasteiger partial charge on any atom is 0.267 e. The van der Waals surface area contributed by atoms with Crippen LogP contribution in [-0.2, 0) is 12.8 Å². The summed E-state index contributed by atoms with van der Waals surface area (Å²) in [6.45, 7) is 2.27. The Kier molecular flexibility index (Phi) is 11.6. The molecule has 29 heavy (non-hydrogen) atoms. The molecule has 0 spiro atoms. The third-order valence-corrected chi connectivity index (χ3v) is 9.82. The van der Waals surface area contributed by atoms with Crippen LogP contribution in [0.2, 0.25) is 6.04 Å². The number of aryl methyl sites for hydroxylation is 2. The highest BCUT2D eigenvalue weighted by Gasteiger charge is 2.21. The highest BCUT2D eigenvalue weighted by molar-refractivity contribution is 9.72. The molecule has 0 radical (unpaired) electrons. The van der Waals surface area contributed by atoms with Crippen molar-refractivity contribution in [2.24, 2.45) is 0 Å². The van der Waals surface area contributed by atoms with Gasteiger partial charge in [0, 0.05) is 0 Å². The van der Waals surface area contributed by atoms with E-state index in [4.69, 9.17) is 0 Å². The third-order valence-electron chi connectivity index (χ3n) is 5.33. The van der Waals surface area contributed by atoms with Gasteiger partial charge < -0.3 is 5.11 Å². The van der Waals surface area contributed by atoms with E-state index in [2.05, 4.69) is 83.1 Å². The van der Waals surface area contributed by atoms with E-state index in [1.54, 1.807) is 6.07 Å². The van der Waals surface area contributed by atoms with Gasteiger partial charge in [-0.2, -0.15) is 0 Å². The van der Waals surface area contributed by atoms with Crippen molar-refractivity contribution >= 4 is 49.8 Å². The summed E-state index contributed by atoms with van der Waals surface area (Å²) in [4.78, 5) is 0. The molecule has 2 rings (SSSR count). The van der Waals surface area contributed by atoms with Gasteiger partial charge in [0.1, 0.15) is 5.75 Å². The molecule has 0 saturated heterocycles. The lowest BCUT2D eigenvalue weighted by Crippen LogP contribution is -2.06. The summed E-state index contributed by atoms with van der Waals surface area (Å²) in [6.07, 6.45) is 12.7. The third kappa shape index (κ3) is 10.2. The zero-order valence-corrected chi connectivity index (χ0v) is 23.2. The molecule has 0 fully saturated rings. The number of aromatic hydroxyl groups is 1. The second kappa shape index (κ2) is 13.3. The molecule has 0 aliphatic heterocycles. The van der Waals surface area contributed by atoms with Crippen molar-refractivity contribution in [3.05, 3.63) is 53.6 Å². The Morgan fingerprint density at radius 1 is 0.759 bits per heavy atom. The minimum atomic E-state index is -1.58. The Hall–Kier alpha value is -0.103. The van der Waals surface area contributed by atoms with Gasteiger partial charge in [0.2, 0.25) is 0 Å². The van der Waals surface area contributed by atoms with E-state index in [9.17, 15) is 5.11 Å². The average molecular weight is 605 g/mol. The number of hydrogen-bond donors (Lipinski definition) is 1. The van der Waals surface area contributed by atoms with Crippen LogP contribution in [0.25, 0.3) is 11.1 Å². The number of hydrogen-bond acceptors (Lipinski definition) is 1. The zero-order chi connectivity index (χ0) is 21.1. The van der Waals surface area contributed by atoms with Gasteiger partial charge in [0.05, 0.1) is 0 Å². The van der Waals surface area contributed by atoms with E-state index in [1.165, 1.54) is 73.6 Å². The number of phenols is 1. The molecule has 0 heterocycles. The summed E-state index contributed by atoms with van der Waals surface area (Å²) in [5.74, 6) is 0.347. The van der Waals surface area contributed by atoms with Gasteiger partial charge in [0.25, 0.3) is 3.93 Å². The fourth-order valence-corrected chi connectivity index (χ4v) is 6.79. The Balaban J connectivity index is 1.91. The maximum atomic E-state index is 9.96. The lowest BCUT2D eigenvalue weighted by atomic mass is 9.95. The topological polar surface area (TPSA) is 20.2 Å². The molecule has 0 aliphatic carbocycles. The summed E-state index contributed by atoms with van der Waals surface area (Å²) >= 11 is 11.1. The Morgan fingerprint density at radius 3 is 2.07 bits per heavy atom. The lowest BCUT2D eigenvalue weighted by molar-refractivity contribution is 0.474. The van der Waals surface area contributed by atoms with E-state index in [-0.39, 0.29) is 0 Å². The van der Waals surface area contributed by atoms with Crippen molar-refractivity contribution in [3.63, 3.8) is 0 Å². The normalized spacial score (nSPS) is 11.7. The van der Waals surface area contributed by atoms with Crippen LogP contribution in [-0.4, -0.2) is 9.04 Å². The first-order valence-corrected chi connectivity index (χ1v) is 19.8. The van der Waals surface area contributed by atoms with Crippen molar-refractivity contribution in [1.82, 2.24) is 0 Å². The molecule has 0 aromatic heterocycles. The second-order valence-electron chi connectivity index (χ2n) is 7.88. The van der Waals surface area contributed by atoms with Gasteiger partial charge in [-0.3, -0.25) is 0 Å². The summed E-state index contributed by atoms with van der Waals surface area (Å²) in [5.41, 5.74) is 5.12. The first-order valence-electron chi connectivity index (χ1n) is 10.9. The van der Waals surface area contributed by atoms with E-state index in [0.717, 1.165) is 18.9 Å². The quantitative estimate of drug-likeness (QED) is 0.137.